The zero-order valence-electron chi connectivity index (χ0n) is 14.1. The highest BCUT2D eigenvalue weighted by molar-refractivity contribution is 6.30. The van der Waals surface area contributed by atoms with Gasteiger partial charge in [0.15, 0.2) is 13.2 Å². The number of aryl methyl sites for hydroxylation is 1. The minimum absolute atomic E-state index is 0.113. The molecule has 0 aliphatic carbocycles. The molecule has 134 valence electrons. The van der Waals surface area contributed by atoms with Crippen molar-refractivity contribution in [3.05, 3.63) is 65.0 Å². The molecule has 0 spiro atoms. The fraction of sp³-hybridized carbons (Fsp3) is 0.211. The molecular weight excluding hydrogens is 356 g/mol. The lowest BCUT2D eigenvalue weighted by molar-refractivity contribution is -0.148. The first-order valence-corrected chi connectivity index (χ1v) is 8.47. The van der Waals surface area contributed by atoms with E-state index in [2.05, 4.69) is 17.1 Å². The van der Waals surface area contributed by atoms with Crippen molar-refractivity contribution in [1.29, 1.82) is 0 Å². The van der Waals surface area contributed by atoms with Crippen molar-refractivity contribution in [2.45, 2.75) is 20.0 Å². The summed E-state index contributed by atoms with van der Waals surface area (Å²) in [5, 5.41) is 4.43. The van der Waals surface area contributed by atoms with Crippen LogP contribution in [0, 0.1) is 0 Å². The summed E-state index contributed by atoms with van der Waals surface area (Å²) >= 11 is 5.85. The van der Waals surface area contributed by atoms with Gasteiger partial charge >= 0.3 is 5.97 Å². The Labute approximate surface area is 155 Å². The molecule has 0 fully saturated rings. The van der Waals surface area contributed by atoms with Crippen molar-refractivity contribution < 1.29 is 18.8 Å². The van der Waals surface area contributed by atoms with Gasteiger partial charge in [0, 0.05) is 10.6 Å². The summed E-state index contributed by atoms with van der Waals surface area (Å²) in [7, 11) is 0. The predicted octanol–water partition coefficient (Wildman–Crippen LogP) is 4.07. The van der Waals surface area contributed by atoms with Gasteiger partial charge in [0.2, 0.25) is 5.82 Å². The summed E-state index contributed by atoms with van der Waals surface area (Å²) in [5.74, 6) is 0.617. The van der Waals surface area contributed by atoms with Gasteiger partial charge in [-0.2, -0.15) is 4.98 Å². The zero-order valence-corrected chi connectivity index (χ0v) is 14.9. The van der Waals surface area contributed by atoms with Crippen LogP contribution in [0.3, 0.4) is 0 Å². The summed E-state index contributed by atoms with van der Waals surface area (Å²) < 4.78 is 15.5. The third-order valence-electron chi connectivity index (χ3n) is 3.60. The Morgan fingerprint density at radius 3 is 2.73 bits per heavy atom. The van der Waals surface area contributed by atoms with Crippen LogP contribution < -0.4 is 4.74 Å². The van der Waals surface area contributed by atoms with E-state index in [0.29, 0.717) is 16.6 Å². The molecule has 6 nitrogen and oxygen atoms in total. The molecule has 2 aromatic carbocycles. The molecular formula is C19H17ClN2O4. The Balaban J connectivity index is 1.50. The Morgan fingerprint density at radius 2 is 2.00 bits per heavy atom. The summed E-state index contributed by atoms with van der Waals surface area (Å²) in [6, 6.07) is 14.6. The monoisotopic (exact) mass is 372 g/mol. The second-order valence-electron chi connectivity index (χ2n) is 5.47. The number of ether oxygens (including phenoxy) is 2. The van der Waals surface area contributed by atoms with Crippen LogP contribution in [-0.4, -0.2) is 22.7 Å². The Morgan fingerprint density at radius 1 is 1.19 bits per heavy atom. The van der Waals surface area contributed by atoms with E-state index in [1.807, 2.05) is 24.3 Å². The molecule has 3 aromatic rings. The largest absolute Gasteiger partial charge is 0.482 e. The highest BCUT2D eigenvalue weighted by Crippen LogP contribution is 2.18. The number of halogens is 1. The van der Waals surface area contributed by atoms with Gasteiger partial charge < -0.3 is 14.0 Å². The highest BCUT2D eigenvalue weighted by Gasteiger charge is 2.12. The Hall–Kier alpha value is -2.86. The van der Waals surface area contributed by atoms with Crippen LogP contribution in [0.15, 0.2) is 53.1 Å². The van der Waals surface area contributed by atoms with Crippen LogP contribution in [-0.2, 0) is 22.6 Å². The van der Waals surface area contributed by atoms with Gasteiger partial charge in [0.1, 0.15) is 5.75 Å². The van der Waals surface area contributed by atoms with Crippen LogP contribution in [0.25, 0.3) is 11.4 Å². The molecule has 7 heteroatoms. The molecule has 0 saturated carbocycles. The fourth-order valence-corrected chi connectivity index (χ4v) is 2.38. The van der Waals surface area contributed by atoms with E-state index in [0.717, 1.165) is 12.0 Å². The standard InChI is InChI=1S/C19H17ClN2O4/c1-2-13-6-8-14(9-7-13)19-21-17(26-22-19)11-25-18(23)12-24-16-5-3-4-15(20)10-16/h3-10H,2,11-12H2,1H3. The Bertz CT molecular complexity index is 877. The number of esters is 1. The number of aromatic nitrogens is 2. The summed E-state index contributed by atoms with van der Waals surface area (Å²) in [6.45, 7) is 1.74. The van der Waals surface area contributed by atoms with Gasteiger partial charge in [-0.1, -0.05) is 54.0 Å². The van der Waals surface area contributed by atoms with Gasteiger partial charge in [-0.15, -0.1) is 0 Å². The third-order valence-corrected chi connectivity index (χ3v) is 3.83. The molecule has 0 unspecified atom stereocenters. The molecule has 0 N–H and O–H groups in total. The minimum atomic E-state index is -0.544. The van der Waals surface area contributed by atoms with E-state index in [9.17, 15) is 4.79 Å². The van der Waals surface area contributed by atoms with E-state index >= 15 is 0 Å². The molecule has 0 atom stereocenters. The number of benzene rings is 2. The maximum Gasteiger partial charge on any atom is 0.344 e. The average molecular weight is 373 g/mol. The van der Waals surface area contributed by atoms with Crippen LogP contribution in [0.4, 0.5) is 0 Å². The second-order valence-corrected chi connectivity index (χ2v) is 5.91. The van der Waals surface area contributed by atoms with Gasteiger partial charge in [-0.05, 0) is 30.2 Å². The van der Waals surface area contributed by atoms with Crippen LogP contribution in [0.5, 0.6) is 5.75 Å². The number of rotatable bonds is 7. The lowest BCUT2D eigenvalue weighted by Gasteiger charge is -2.05. The molecule has 0 aliphatic heterocycles. The lowest BCUT2D eigenvalue weighted by Crippen LogP contribution is -2.14. The van der Waals surface area contributed by atoms with Gasteiger partial charge in [-0.25, -0.2) is 4.79 Å². The Kier molecular flexibility index (Phi) is 5.86. The number of hydrogen-bond acceptors (Lipinski definition) is 6. The van der Waals surface area contributed by atoms with E-state index in [-0.39, 0.29) is 19.1 Å². The highest BCUT2D eigenvalue weighted by atomic mass is 35.5. The van der Waals surface area contributed by atoms with Crippen molar-refractivity contribution in [1.82, 2.24) is 10.1 Å². The van der Waals surface area contributed by atoms with E-state index < -0.39 is 5.97 Å². The number of carbonyl (C=O) groups excluding carboxylic acids is 1. The zero-order chi connectivity index (χ0) is 18.4. The number of hydrogen-bond donors (Lipinski definition) is 0. The van der Waals surface area contributed by atoms with Crippen molar-refractivity contribution in [2.75, 3.05) is 6.61 Å². The summed E-state index contributed by atoms with van der Waals surface area (Å²) in [4.78, 5) is 16.0. The van der Waals surface area contributed by atoms with Gasteiger partial charge in [0.05, 0.1) is 0 Å². The molecule has 0 saturated heterocycles. The summed E-state index contributed by atoms with van der Waals surface area (Å²) in [5.41, 5.74) is 2.07. The third kappa shape index (κ3) is 4.83. The average Bonchev–Trinajstić information content (AvgIpc) is 3.14. The molecule has 0 aliphatic rings. The molecule has 0 bridgehead atoms. The smallest absolute Gasteiger partial charge is 0.344 e. The van der Waals surface area contributed by atoms with Crippen LogP contribution in [0.2, 0.25) is 5.02 Å². The number of nitrogens with zero attached hydrogens (tertiary/aromatic N) is 2. The first kappa shape index (κ1) is 17.9. The van der Waals surface area contributed by atoms with Gasteiger partial charge in [-0.3, -0.25) is 0 Å². The molecule has 0 radical (unpaired) electrons. The molecule has 1 aromatic heterocycles. The van der Waals surface area contributed by atoms with Crippen molar-refractivity contribution in [2.24, 2.45) is 0 Å². The summed E-state index contributed by atoms with van der Waals surface area (Å²) in [6.07, 6.45) is 0.963. The lowest BCUT2D eigenvalue weighted by atomic mass is 10.1. The minimum Gasteiger partial charge on any atom is -0.482 e. The van der Waals surface area contributed by atoms with Crippen molar-refractivity contribution >= 4 is 17.6 Å². The maximum atomic E-state index is 11.8. The molecule has 1 heterocycles. The topological polar surface area (TPSA) is 74.5 Å². The molecule has 3 rings (SSSR count). The van der Waals surface area contributed by atoms with Crippen molar-refractivity contribution in [3.8, 4) is 17.1 Å². The van der Waals surface area contributed by atoms with Gasteiger partial charge in [0.25, 0.3) is 5.89 Å². The van der Waals surface area contributed by atoms with E-state index in [1.54, 1.807) is 24.3 Å². The first-order valence-electron chi connectivity index (χ1n) is 8.10. The normalized spacial score (nSPS) is 10.5. The predicted molar refractivity (Wildman–Crippen MR) is 95.9 cm³/mol. The van der Waals surface area contributed by atoms with Crippen LogP contribution in [0.1, 0.15) is 18.4 Å². The van der Waals surface area contributed by atoms with E-state index in [1.165, 1.54) is 5.56 Å². The SMILES string of the molecule is CCc1ccc(-c2noc(COC(=O)COc3cccc(Cl)c3)n2)cc1. The maximum absolute atomic E-state index is 11.8. The molecule has 26 heavy (non-hydrogen) atoms. The van der Waals surface area contributed by atoms with E-state index in [4.69, 9.17) is 25.6 Å². The van der Waals surface area contributed by atoms with Crippen LogP contribution >= 0.6 is 11.6 Å². The number of carbonyl (C=O) groups is 1. The molecule has 0 amide bonds. The first-order chi connectivity index (χ1) is 12.6. The second kappa shape index (κ2) is 8.49. The van der Waals surface area contributed by atoms with Crippen molar-refractivity contribution in [3.63, 3.8) is 0 Å². The quantitative estimate of drug-likeness (QED) is 0.582. The fourth-order valence-electron chi connectivity index (χ4n) is 2.20.